The Hall–Kier alpha value is -2.41. The first-order valence-electron chi connectivity index (χ1n) is 5.96. The number of hydrogen-bond acceptors (Lipinski definition) is 4. The Balaban J connectivity index is 2.71. The maximum absolute atomic E-state index is 11.8. The molecule has 0 radical (unpaired) electrons. The van der Waals surface area contributed by atoms with Crippen LogP contribution >= 0.6 is 0 Å². The second kappa shape index (κ2) is 7.25. The van der Waals surface area contributed by atoms with Crippen molar-refractivity contribution in [3.63, 3.8) is 0 Å². The average Bonchev–Trinajstić information content (AvgIpc) is 2.38. The molecule has 0 aromatic heterocycles. The van der Waals surface area contributed by atoms with Crippen LogP contribution in [0.15, 0.2) is 24.3 Å². The third kappa shape index (κ3) is 4.69. The molecule has 20 heavy (non-hydrogen) atoms. The van der Waals surface area contributed by atoms with Crippen LogP contribution in [-0.2, 0) is 9.59 Å². The van der Waals surface area contributed by atoms with Gasteiger partial charge in [0.2, 0.25) is 5.91 Å². The van der Waals surface area contributed by atoms with Crippen molar-refractivity contribution in [2.45, 2.75) is 19.4 Å². The normalized spacial score (nSPS) is 11.5. The Kier molecular flexibility index (Phi) is 5.67. The first-order chi connectivity index (χ1) is 9.43. The number of carbonyl (C=O) groups is 3. The smallest absolute Gasteiger partial charge is 0.326 e. The van der Waals surface area contributed by atoms with E-state index in [1.54, 1.807) is 0 Å². The fraction of sp³-hybridized carbons (Fsp3) is 0.308. The Morgan fingerprint density at radius 3 is 2.25 bits per heavy atom. The number of hydrogen-bond donors (Lipinski definition) is 4. The fourth-order valence-corrected chi connectivity index (χ4v) is 1.54. The largest absolute Gasteiger partial charge is 0.480 e. The summed E-state index contributed by atoms with van der Waals surface area (Å²) in [5.41, 5.74) is 0.808. The lowest BCUT2D eigenvalue weighted by Gasteiger charge is -2.13. The monoisotopic (exact) mass is 280 g/mol. The molecule has 0 aliphatic carbocycles. The Bertz CT molecular complexity index is 498. The third-order valence-corrected chi connectivity index (χ3v) is 2.49. The lowest BCUT2D eigenvalue weighted by atomic mass is 10.1. The SMILES string of the molecule is CC(=O)Nc1ccc(C(=O)N[C@H](CCO)C(=O)O)cc1. The zero-order valence-electron chi connectivity index (χ0n) is 10.9. The number of aliphatic hydroxyl groups excluding tert-OH is 1. The van der Waals surface area contributed by atoms with Crippen LogP contribution in [0.4, 0.5) is 5.69 Å². The molecule has 1 atom stereocenters. The molecule has 1 aromatic carbocycles. The van der Waals surface area contributed by atoms with Crippen LogP contribution in [-0.4, -0.2) is 40.6 Å². The van der Waals surface area contributed by atoms with Gasteiger partial charge in [0, 0.05) is 31.2 Å². The van der Waals surface area contributed by atoms with Gasteiger partial charge in [0.25, 0.3) is 5.91 Å². The van der Waals surface area contributed by atoms with Crippen LogP contribution in [0.2, 0.25) is 0 Å². The van der Waals surface area contributed by atoms with Crippen molar-refractivity contribution in [3.8, 4) is 0 Å². The van der Waals surface area contributed by atoms with Crippen molar-refractivity contribution in [1.82, 2.24) is 5.32 Å². The number of carbonyl (C=O) groups excluding carboxylic acids is 2. The molecule has 0 saturated heterocycles. The van der Waals surface area contributed by atoms with Crippen LogP contribution in [0.3, 0.4) is 0 Å². The molecular formula is C13H16N2O5. The summed E-state index contributed by atoms with van der Waals surface area (Å²) in [6.07, 6.45) is -0.0644. The molecule has 0 unspecified atom stereocenters. The molecule has 0 saturated carbocycles. The third-order valence-electron chi connectivity index (χ3n) is 2.49. The van der Waals surface area contributed by atoms with E-state index in [1.807, 2.05) is 0 Å². The quantitative estimate of drug-likeness (QED) is 0.594. The molecule has 7 nitrogen and oxygen atoms in total. The number of aliphatic carboxylic acids is 1. The second-order valence-corrected chi connectivity index (χ2v) is 4.14. The molecule has 0 aliphatic heterocycles. The zero-order valence-corrected chi connectivity index (χ0v) is 10.9. The summed E-state index contributed by atoms with van der Waals surface area (Å²) in [5.74, 6) is -1.99. The van der Waals surface area contributed by atoms with E-state index < -0.39 is 17.9 Å². The maximum atomic E-state index is 11.8. The molecule has 108 valence electrons. The summed E-state index contributed by atoms with van der Waals surface area (Å²) in [6, 6.07) is 4.88. The van der Waals surface area contributed by atoms with E-state index in [1.165, 1.54) is 31.2 Å². The van der Waals surface area contributed by atoms with Crippen molar-refractivity contribution in [2.75, 3.05) is 11.9 Å². The lowest BCUT2D eigenvalue weighted by Crippen LogP contribution is -2.41. The lowest BCUT2D eigenvalue weighted by molar-refractivity contribution is -0.139. The average molecular weight is 280 g/mol. The molecule has 2 amide bonds. The number of amides is 2. The van der Waals surface area contributed by atoms with Gasteiger partial charge in [-0.15, -0.1) is 0 Å². The van der Waals surface area contributed by atoms with Gasteiger partial charge in [-0.2, -0.15) is 0 Å². The van der Waals surface area contributed by atoms with E-state index >= 15 is 0 Å². The number of anilines is 1. The van der Waals surface area contributed by atoms with Crippen molar-refractivity contribution >= 4 is 23.5 Å². The summed E-state index contributed by atoms with van der Waals surface area (Å²) in [7, 11) is 0. The number of rotatable bonds is 6. The first-order valence-corrected chi connectivity index (χ1v) is 5.96. The van der Waals surface area contributed by atoms with Gasteiger partial charge in [0.15, 0.2) is 0 Å². The molecule has 0 spiro atoms. The minimum absolute atomic E-state index is 0.0644. The van der Waals surface area contributed by atoms with Crippen LogP contribution in [0.5, 0.6) is 0 Å². The van der Waals surface area contributed by atoms with E-state index in [0.717, 1.165) is 0 Å². The summed E-state index contributed by atoms with van der Waals surface area (Å²) >= 11 is 0. The predicted molar refractivity (Wildman–Crippen MR) is 71.3 cm³/mol. The highest BCUT2D eigenvalue weighted by molar-refractivity contribution is 5.97. The number of carboxylic acids is 1. The van der Waals surface area contributed by atoms with Crippen LogP contribution in [0, 0.1) is 0 Å². The van der Waals surface area contributed by atoms with Gasteiger partial charge >= 0.3 is 5.97 Å². The Morgan fingerprint density at radius 1 is 1.20 bits per heavy atom. The number of benzene rings is 1. The Labute approximate surface area is 115 Å². The standard InChI is InChI=1S/C13H16N2O5/c1-8(17)14-10-4-2-9(3-5-10)12(18)15-11(6-7-16)13(19)20/h2-5,11,16H,6-7H2,1H3,(H,14,17)(H,15,18)(H,19,20)/t11-/m1/s1. The fourth-order valence-electron chi connectivity index (χ4n) is 1.54. The van der Waals surface area contributed by atoms with Gasteiger partial charge in [-0.1, -0.05) is 0 Å². The summed E-state index contributed by atoms with van der Waals surface area (Å²) in [6.45, 7) is 1.03. The number of nitrogens with one attached hydrogen (secondary N) is 2. The minimum atomic E-state index is -1.21. The van der Waals surface area contributed by atoms with E-state index in [2.05, 4.69) is 10.6 Å². The predicted octanol–water partition coefficient (Wildman–Crippen LogP) is 0.210. The van der Waals surface area contributed by atoms with E-state index in [4.69, 9.17) is 10.2 Å². The molecule has 1 rings (SSSR count). The number of aliphatic hydroxyl groups is 1. The van der Waals surface area contributed by atoms with Gasteiger partial charge < -0.3 is 20.8 Å². The highest BCUT2D eigenvalue weighted by Crippen LogP contribution is 2.09. The van der Waals surface area contributed by atoms with Crippen LogP contribution in [0.25, 0.3) is 0 Å². The van der Waals surface area contributed by atoms with Gasteiger partial charge in [0.05, 0.1) is 0 Å². The topological polar surface area (TPSA) is 116 Å². The molecular weight excluding hydrogens is 264 g/mol. The molecule has 1 aromatic rings. The maximum Gasteiger partial charge on any atom is 0.326 e. The Morgan fingerprint density at radius 2 is 1.80 bits per heavy atom. The van der Waals surface area contributed by atoms with Gasteiger partial charge in [-0.25, -0.2) is 4.79 Å². The molecule has 4 N–H and O–H groups in total. The van der Waals surface area contributed by atoms with Crippen molar-refractivity contribution in [3.05, 3.63) is 29.8 Å². The highest BCUT2D eigenvalue weighted by Gasteiger charge is 2.19. The van der Waals surface area contributed by atoms with Crippen molar-refractivity contribution in [2.24, 2.45) is 0 Å². The molecule has 0 fully saturated rings. The first kappa shape index (κ1) is 15.6. The van der Waals surface area contributed by atoms with Gasteiger partial charge in [-0.05, 0) is 24.3 Å². The molecule has 0 bridgehead atoms. The van der Waals surface area contributed by atoms with Crippen LogP contribution in [0.1, 0.15) is 23.7 Å². The second-order valence-electron chi connectivity index (χ2n) is 4.14. The van der Waals surface area contributed by atoms with Gasteiger partial charge in [0.1, 0.15) is 6.04 Å². The minimum Gasteiger partial charge on any atom is -0.480 e. The summed E-state index contributed by atoms with van der Waals surface area (Å²) in [5, 5.41) is 22.5. The molecule has 7 heteroatoms. The summed E-state index contributed by atoms with van der Waals surface area (Å²) < 4.78 is 0. The van der Waals surface area contributed by atoms with E-state index in [0.29, 0.717) is 5.69 Å². The number of carboxylic acid groups (broad SMARTS) is 1. The molecule has 0 aliphatic rings. The van der Waals surface area contributed by atoms with Crippen molar-refractivity contribution in [1.29, 1.82) is 0 Å². The van der Waals surface area contributed by atoms with Crippen molar-refractivity contribution < 1.29 is 24.6 Å². The van der Waals surface area contributed by atoms with E-state index in [-0.39, 0.29) is 24.5 Å². The zero-order chi connectivity index (χ0) is 15.1. The summed E-state index contributed by atoms with van der Waals surface area (Å²) in [4.78, 5) is 33.5. The molecule has 0 heterocycles. The van der Waals surface area contributed by atoms with E-state index in [9.17, 15) is 14.4 Å². The van der Waals surface area contributed by atoms with Crippen LogP contribution < -0.4 is 10.6 Å². The highest BCUT2D eigenvalue weighted by atomic mass is 16.4. The van der Waals surface area contributed by atoms with Gasteiger partial charge in [-0.3, -0.25) is 9.59 Å².